The van der Waals surface area contributed by atoms with Crippen LogP contribution in [0.15, 0.2) is 42.6 Å². The molecule has 2 amide bonds. The van der Waals surface area contributed by atoms with Crippen LogP contribution in [0.2, 0.25) is 0 Å². The van der Waals surface area contributed by atoms with E-state index in [9.17, 15) is 14.4 Å². The highest BCUT2D eigenvalue weighted by Crippen LogP contribution is 2.24. The Labute approximate surface area is 211 Å². The van der Waals surface area contributed by atoms with Gasteiger partial charge < -0.3 is 25.2 Å². The summed E-state index contributed by atoms with van der Waals surface area (Å²) in [6.07, 6.45) is 2.60. The summed E-state index contributed by atoms with van der Waals surface area (Å²) in [6.45, 7) is 1.28. The molecule has 13 heteroatoms. The second-order valence-electron chi connectivity index (χ2n) is 8.36. The standard InChI is InChI=1S/C23H26N8O4S/c1-30(2)20(33)14-35-21(34)16-6-3-5-15(11-16)12-19(32)26-23-29-28-22(36-23)25-17-8-10-31(13-17)18-7-4-9-24-27-18/h3-7,9,11,17H,8,10,12-14H2,1-2H3,(H,25,28)(H,26,29,32)/t17-/m1/s1. The zero-order valence-corrected chi connectivity index (χ0v) is 20.7. The summed E-state index contributed by atoms with van der Waals surface area (Å²) in [7, 11) is 3.16. The molecule has 1 saturated heterocycles. The number of amides is 2. The molecule has 1 fully saturated rings. The predicted molar refractivity (Wildman–Crippen MR) is 134 cm³/mol. The number of nitrogens with one attached hydrogen (secondary N) is 2. The van der Waals surface area contributed by atoms with E-state index < -0.39 is 5.97 Å². The van der Waals surface area contributed by atoms with Crippen molar-refractivity contribution in [2.45, 2.75) is 18.9 Å². The number of ether oxygens (including phenoxy) is 1. The quantitative estimate of drug-likeness (QED) is 0.406. The molecule has 0 aliphatic carbocycles. The number of hydrogen-bond acceptors (Lipinski definition) is 11. The van der Waals surface area contributed by atoms with E-state index in [2.05, 4.69) is 35.9 Å². The molecule has 0 unspecified atom stereocenters. The van der Waals surface area contributed by atoms with Crippen LogP contribution < -0.4 is 15.5 Å². The van der Waals surface area contributed by atoms with Crippen LogP contribution in [0.25, 0.3) is 0 Å². The third kappa shape index (κ3) is 6.72. The Morgan fingerprint density at radius 1 is 1.14 bits per heavy atom. The van der Waals surface area contributed by atoms with Crippen molar-refractivity contribution >= 4 is 45.2 Å². The highest BCUT2D eigenvalue weighted by Gasteiger charge is 2.24. The maximum absolute atomic E-state index is 12.5. The topological polar surface area (TPSA) is 143 Å². The zero-order chi connectivity index (χ0) is 25.5. The van der Waals surface area contributed by atoms with Crippen molar-refractivity contribution in [3.05, 3.63) is 53.7 Å². The van der Waals surface area contributed by atoms with Gasteiger partial charge in [0.15, 0.2) is 12.4 Å². The van der Waals surface area contributed by atoms with Crippen LogP contribution in [0, 0.1) is 0 Å². The first-order chi connectivity index (χ1) is 17.4. The summed E-state index contributed by atoms with van der Waals surface area (Å²) in [5.74, 6) is -0.398. The van der Waals surface area contributed by atoms with Crippen LogP contribution in [0.4, 0.5) is 16.1 Å². The lowest BCUT2D eigenvalue weighted by molar-refractivity contribution is -0.132. The van der Waals surface area contributed by atoms with Crippen molar-refractivity contribution in [3.63, 3.8) is 0 Å². The minimum absolute atomic E-state index is 0.0375. The Kier molecular flexibility index (Phi) is 8.00. The monoisotopic (exact) mass is 510 g/mol. The summed E-state index contributed by atoms with van der Waals surface area (Å²) in [5.41, 5.74) is 0.889. The summed E-state index contributed by atoms with van der Waals surface area (Å²) in [6, 6.07) is 10.5. The SMILES string of the molecule is CN(C)C(=O)COC(=O)c1cccc(CC(=O)Nc2nnc(N[C@@H]3CCN(c4cccnn4)C3)s2)c1. The molecule has 2 aromatic heterocycles. The molecule has 1 aliphatic heterocycles. The molecule has 2 N–H and O–H groups in total. The van der Waals surface area contributed by atoms with Crippen LogP contribution in [0.5, 0.6) is 0 Å². The average molecular weight is 511 g/mol. The van der Waals surface area contributed by atoms with Gasteiger partial charge in [-0.25, -0.2) is 4.79 Å². The predicted octanol–water partition coefficient (Wildman–Crippen LogP) is 1.45. The lowest BCUT2D eigenvalue weighted by Crippen LogP contribution is -2.27. The first-order valence-corrected chi connectivity index (χ1v) is 12.1. The van der Waals surface area contributed by atoms with Crippen LogP contribution in [0.1, 0.15) is 22.3 Å². The lowest BCUT2D eigenvalue weighted by Gasteiger charge is -2.16. The van der Waals surface area contributed by atoms with Crippen molar-refractivity contribution in [1.29, 1.82) is 0 Å². The van der Waals surface area contributed by atoms with Crippen molar-refractivity contribution in [1.82, 2.24) is 25.3 Å². The molecule has 188 valence electrons. The number of carbonyl (C=O) groups is 3. The van der Waals surface area contributed by atoms with Crippen LogP contribution in [-0.4, -0.2) is 82.9 Å². The van der Waals surface area contributed by atoms with E-state index in [-0.39, 0.29) is 36.4 Å². The van der Waals surface area contributed by atoms with Gasteiger partial charge in [-0.15, -0.1) is 15.3 Å². The number of hydrogen-bond donors (Lipinski definition) is 2. The van der Waals surface area contributed by atoms with E-state index in [1.54, 1.807) is 44.6 Å². The highest BCUT2D eigenvalue weighted by atomic mass is 32.1. The molecule has 3 aromatic rings. The van der Waals surface area contributed by atoms with Gasteiger partial charge in [-0.1, -0.05) is 23.5 Å². The Morgan fingerprint density at radius 3 is 2.75 bits per heavy atom. The van der Waals surface area contributed by atoms with Gasteiger partial charge in [-0.05, 0) is 36.2 Å². The first-order valence-electron chi connectivity index (χ1n) is 11.3. The maximum atomic E-state index is 12.5. The Balaban J connectivity index is 1.26. The van der Waals surface area contributed by atoms with Gasteiger partial charge >= 0.3 is 5.97 Å². The molecule has 1 aromatic carbocycles. The molecule has 4 rings (SSSR count). The molecular formula is C23H26N8O4S. The summed E-state index contributed by atoms with van der Waals surface area (Å²) >= 11 is 1.25. The number of esters is 1. The Hall–Kier alpha value is -4.13. The number of aromatic nitrogens is 4. The molecule has 12 nitrogen and oxygen atoms in total. The smallest absolute Gasteiger partial charge is 0.338 e. The van der Waals surface area contributed by atoms with Crippen LogP contribution >= 0.6 is 11.3 Å². The number of nitrogens with zero attached hydrogens (tertiary/aromatic N) is 6. The van der Waals surface area contributed by atoms with Crippen LogP contribution in [-0.2, 0) is 20.7 Å². The van der Waals surface area contributed by atoms with E-state index in [1.165, 1.54) is 16.2 Å². The van der Waals surface area contributed by atoms with E-state index in [1.807, 2.05) is 12.1 Å². The second kappa shape index (κ2) is 11.5. The molecule has 0 bridgehead atoms. The third-order valence-corrected chi connectivity index (χ3v) is 6.19. The average Bonchev–Trinajstić information content (AvgIpc) is 3.52. The maximum Gasteiger partial charge on any atom is 0.338 e. The second-order valence-corrected chi connectivity index (χ2v) is 9.34. The van der Waals surface area contributed by atoms with Crippen LogP contribution in [0.3, 0.4) is 0 Å². The minimum atomic E-state index is -0.628. The third-order valence-electron chi connectivity index (χ3n) is 5.42. The fourth-order valence-electron chi connectivity index (χ4n) is 3.55. The normalized spacial score (nSPS) is 14.8. The first kappa shape index (κ1) is 25.0. The molecule has 3 heterocycles. The van der Waals surface area contributed by atoms with Gasteiger partial charge in [0.05, 0.1) is 12.0 Å². The molecule has 1 aliphatic rings. The largest absolute Gasteiger partial charge is 0.452 e. The van der Waals surface area contributed by atoms with Crippen molar-refractivity contribution < 1.29 is 19.1 Å². The highest BCUT2D eigenvalue weighted by molar-refractivity contribution is 7.19. The summed E-state index contributed by atoms with van der Waals surface area (Å²) in [5, 5.41) is 23.3. The number of benzene rings is 1. The van der Waals surface area contributed by atoms with Gasteiger partial charge in [0, 0.05) is 39.4 Å². The molecular weight excluding hydrogens is 484 g/mol. The van der Waals surface area contributed by atoms with Gasteiger partial charge in [0.1, 0.15) is 0 Å². The van der Waals surface area contributed by atoms with Crippen molar-refractivity contribution in [3.8, 4) is 0 Å². The van der Waals surface area contributed by atoms with Gasteiger partial charge in [-0.2, -0.15) is 5.10 Å². The minimum Gasteiger partial charge on any atom is -0.452 e. The van der Waals surface area contributed by atoms with E-state index in [0.717, 1.165) is 25.3 Å². The molecule has 36 heavy (non-hydrogen) atoms. The fraction of sp³-hybridized carbons (Fsp3) is 0.348. The molecule has 1 atom stereocenters. The summed E-state index contributed by atoms with van der Waals surface area (Å²) < 4.78 is 5.03. The van der Waals surface area contributed by atoms with Crippen molar-refractivity contribution in [2.75, 3.05) is 49.3 Å². The van der Waals surface area contributed by atoms with E-state index in [0.29, 0.717) is 15.8 Å². The number of anilines is 3. The molecule has 0 spiro atoms. The van der Waals surface area contributed by atoms with Gasteiger partial charge in [0.2, 0.25) is 16.2 Å². The van der Waals surface area contributed by atoms with Gasteiger partial charge in [-0.3, -0.25) is 9.59 Å². The van der Waals surface area contributed by atoms with E-state index >= 15 is 0 Å². The number of rotatable bonds is 9. The van der Waals surface area contributed by atoms with E-state index in [4.69, 9.17) is 4.74 Å². The lowest BCUT2D eigenvalue weighted by atomic mass is 10.1. The molecule has 0 saturated carbocycles. The fourth-order valence-corrected chi connectivity index (χ4v) is 4.29. The summed E-state index contributed by atoms with van der Waals surface area (Å²) in [4.78, 5) is 39.8. The van der Waals surface area contributed by atoms with Gasteiger partial charge in [0.25, 0.3) is 5.91 Å². The Bertz CT molecular complexity index is 1220. The number of carbonyl (C=O) groups excluding carboxylic acids is 3. The molecule has 0 radical (unpaired) electrons. The Morgan fingerprint density at radius 2 is 1.97 bits per heavy atom. The zero-order valence-electron chi connectivity index (χ0n) is 19.9. The number of likely N-dealkylation sites (N-methyl/N-ethyl adjacent to an activating group) is 1. The van der Waals surface area contributed by atoms with Crippen molar-refractivity contribution in [2.24, 2.45) is 0 Å².